The monoisotopic (exact) mass is 214 g/mol. The topological polar surface area (TPSA) is 15.3 Å². The largest absolute Gasteiger partial charge is 0.316 e. The second kappa shape index (κ2) is 9.17. The van der Waals surface area contributed by atoms with Gasteiger partial charge in [-0.2, -0.15) is 0 Å². The summed E-state index contributed by atoms with van der Waals surface area (Å²) >= 11 is 0. The van der Waals surface area contributed by atoms with E-state index in [0.29, 0.717) is 0 Å². The Morgan fingerprint density at radius 3 is 2.20 bits per heavy atom. The minimum absolute atomic E-state index is 0.766. The summed E-state index contributed by atoms with van der Waals surface area (Å²) in [6, 6.07) is 0.773. The van der Waals surface area contributed by atoms with Crippen LogP contribution in [0.4, 0.5) is 0 Å². The Kier molecular flexibility index (Phi) is 9.12. The summed E-state index contributed by atoms with van der Waals surface area (Å²) in [6.07, 6.45) is 3.80. The molecule has 0 saturated heterocycles. The summed E-state index contributed by atoms with van der Waals surface area (Å²) in [7, 11) is 2.25. The maximum Gasteiger partial charge on any atom is 0.00869 e. The molecule has 0 bridgehead atoms. The molecule has 1 N–H and O–H groups in total. The molecule has 0 fully saturated rings. The fourth-order valence-electron chi connectivity index (χ4n) is 1.94. The fourth-order valence-corrected chi connectivity index (χ4v) is 1.94. The number of nitrogens with one attached hydrogen (secondary N) is 1. The highest BCUT2D eigenvalue weighted by Crippen LogP contribution is 2.05. The molecule has 0 radical (unpaired) electrons. The molecule has 15 heavy (non-hydrogen) atoms. The third-order valence-electron chi connectivity index (χ3n) is 2.98. The summed E-state index contributed by atoms with van der Waals surface area (Å²) in [4.78, 5) is 2.50. The fraction of sp³-hybridized carbons (Fsp3) is 1.00. The maximum atomic E-state index is 3.49. The van der Waals surface area contributed by atoms with Crippen LogP contribution in [0, 0.1) is 5.92 Å². The Balaban J connectivity index is 3.41. The molecule has 0 aliphatic heterocycles. The van der Waals surface area contributed by atoms with E-state index in [1.807, 2.05) is 0 Å². The van der Waals surface area contributed by atoms with Crippen LogP contribution in [0.3, 0.4) is 0 Å². The van der Waals surface area contributed by atoms with Gasteiger partial charge in [0.05, 0.1) is 0 Å². The van der Waals surface area contributed by atoms with Crippen LogP contribution < -0.4 is 5.32 Å². The van der Waals surface area contributed by atoms with E-state index in [9.17, 15) is 0 Å². The molecule has 0 aromatic rings. The van der Waals surface area contributed by atoms with Gasteiger partial charge < -0.3 is 10.2 Å². The van der Waals surface area contributed by atoms with Crippen LogP contribution >= 0.6 is 0 Å². The van der Waals surface area contributed by atoms with Gasteiger partial charge in [0, 0.05) is 6.04 Å². The van der Waals surface area contributed by atoms with Gasteiger partial charge in [0.25, 0.3) is 0 Å². The zero-order chi connectivity index (χ0) is 11.7. The van der Waals surface area contributed by atoms with Gasteiger partial charge in [-0.25, -0.2) is 0 Å². The zero-order valence-electron chi connectivity index (χ0n) is 11.3. The zero-order valence-corrected chi connectivity index (χ0v) is 11.3. The van der Waals surface area contributed by atoms with Crippen molar-refractivity contribution in [3.63, 3.8) is 0 Å². The Morgan fingerprint density at radius 1 is 1.13 bits per heavy atom. The van der Waals surface area contributed by atoms with Crippen molar-refractivity contribution in [1.82, 2.24) is 10.2 Å². The van der Waals surface area contributed by atoms with Crippen molar-refractivity contribution in [2.45, 2.75) is 53.0 Å². The van der Waals surface area contributed by atoms with Gasteiger partial charge in [-0.05, 0) is 51.9 Å². The van der Waals surface area contributed by atoms with E-state index in [0.717, 1.165) is 25.0 Å². The van der Waals surface area contributed by atoms with E-state index in [-0.39, 0.29) is 0 Å². The van der Waals surface area contributed by atoms with Crippen LogP contribution in [0.15, 0.2) is 0 Å². The van der Waals surface area contributed by atoms with Crippen molar-refractivity contribution in [3.05, 3.63) is 0 Å². The molecule has 0 aromatic heterocycles. The molecule has 2 heteroatoms. The molecule has 0 atom stereocenters. The van der Waals surface area contributed by atoms with Crippen LogP contribution in [-0.2, 0) is 0 Å². The van der Waals surface area contributed by atoms with Gasteiger partial charge in [0.15, 0.2) is 0 Å². The van der Waals surface area contributed by atoms with Gasteiger partial charge in [-0.1, -0.05) is 27.7 Å². The van der Waals surface area contributed by atoms with Crippen molar-refractivity contribution in [2.75, 3.05) is 26.7 Å². The smallest absolute Gasteiger partial charge is 0.00869 e. The lowest BCUT2D eigenvalue weighted by atomic mass is 10.1. The van der Waals surface area contributed by atoms with Gasteiger partial charge >= 0.3 is 0 Å². The highest BCUT2D eigenvalue weighted by atomic mass is 15.1. The number of nitrogens with zero attached hydrogens (tertiary/aromatic N) is 1. The van der Waals surface area contributed by atoms with E-state index in [2.05, 4.69) is 45.0 Å². The standard InChI is InChI=1S/C13H30N2/c1-6-13(7-2)15(5)10-8-9-14-11-12(3)4/h12-14H,6-11H2,1-5H3. The van der Waals surface area contributed by atoms with Crippen molar-refractivity contribution < 1.29 is 0 Å². The van der Waals surface area contributed by atoms with E-state index < -0.39 is 0 Å². The molecule has 92 valence electrons. The quantitative estimate of drug-likeness (QED) is 0.594. The Bertz CT molecular complexity index is 130. The maximum absolute atomic E-state index is 3.49. The van der Waals surface area contributed by atoms with Crippen LogP contribution in [0.25, 0.3) is 0 Å². The average Bonchev–Trinajstić information content (AvgIpc) is 2.18. The first kappa shape index (κ1) is 14.9. The first-order chi connectivity index (χ1) is 7.11. The predicted octanol–water partition coefficient (Wildman–Crippen LogP) is 2.74. The summed E-state index contributed by atoms with van der Waals surface area (Å²) in [5, 5.41) is 3.49. The van der Waals surface area contributed by atoms with E-state index in [1.54, 1.807) is 0 Å². The third-order valence-corrected chi connectivity index (χ3v) is 2.98. The van der Waals surface area contributed by atoms with Crippen LogP contribution in [0.5, 0.6) is 0 Å². The molecule has 0 heterocycles. The minimum Gasteiger partial charge on any atom is -0.316 e. The molecular formula is C13H30N2. The highest BCUT2D eigenvalue weighted by Gasteiger charge is 2.08. The molecule has 0 aliphatic rings. The van der Waals surface area contributed by atoms with Gasteiger partial charge in [-0.3, -0.25) is 0 Å². The number of hydrogen-bond acceptors (Lipinski definition) is 2. The van der Waals surface area contributed by atoms with Crippen LogP contribution in [0.1, 0.15) is 47.0 Å². The Hall–Kier alpha value is -0.0800. The Labute approximate surface area is 96.4 Å². The van der Waals surface area contributed by atoms with Crippen molar-refractivity contribution in [1.29, 1.82) is 0 Å². The lowest BCUT2D eigenvalue weighted by molar-refractivity contribution is 0.226. The van der Waals surface area contributed by atoms with Crippen molar-refractivity contribution in [2.24, 2.45) is 5.92 Å². The lowest BCUT2D eigenvalue weighted by Crippen LogP contribution is -2.33. The summed E-state index contributed by atoms with van der Waals surface area (Å²) in [6.45, 7) is 12.6. The first-order valence-corrected chi connectivity index (χ1v) is 6.52. The molecule has 0 saturated carbocycles. The van der Waals surface area contributed by atoms with Gasteiger partial charge in [-0.15, -0.1) is 0 Å². The average molecular weight is 214 g/mol. The highest BCUT2D eigenvalue weighted by molar-refractivity contribution is 4.65. The first-order valence-electron chi connectivity index (χ1n) is 6.52. The van der Waals surface area contributed by atoms with Crippen molar-refractivity contribution >= 4 is 0 Å². The van der Waals surface area contributed by atoms with Gasteiger partial charge in [0.2, 0.25) is 0 Å². The second-order valence-corrected chi connectivity index (χ2v) is 4.90. The minimum atomic E-state index is 0.766. The SMILES string of the molecule is CCC(CC)N(C)CCCNCC(C)C. The molecule has 2 nitrogen and oxygen atoms in total. The molecule has 0 spiro atoms. The number of rotatable bonds is 9. The van der Waals surface area contributed by atoms with Crippen LogP contribution in [0.2, 0.25) is 0 Å². The van der Waals surface area contributed by atoms with E-state index in [4.69, 9.17) is 0 Å². The normalized spacial score (nSPS) is 12.0. The third kappa shape index (κ3) is 7.80. The van der Waals surface area contributed by atoms with Crippen LogP contribution in [-0.4, -0.2) is 37.6 Å². The number of hydrogen-bond donors (Lipinski definition) is 1. The molecule has 0 aromatic carbocycles. The molecule has 0 unspecified atom stereocenters. The second-order valence-electron chi connectivity index (χ2n) is 4.90. The molecule has 0 rings (SSSR count). The lowest BCUT2D eigenvalue weighted by Gasteiger charge is -2.26. The van der Waals surface area contributed by atoms with Gasteiger partial charge in [0.1, 0.15) is 0 Å². The van der Waals surface area contributed by atoms with E-state index >= 15 is 0 Å². The molecular weight excluding hydrogens is 184 g/mol. The summed E-state index contributed by atoms with van der Waals surface area (Å²) in [5.41, 5.74) is 0. The van der Waals surface area contributed by atoms with Crippen molar-refractivity contribution in [3.8, 4) is 0 Å². The summed E-state index contributed by atoms with van der Waals surface area (Å²) < 4.78 is 0. The molecule has 0 amide bonds. The van der Waals surface area contributed by atoms with E-state index in [1.165, 1.54) is 25.8 Å². The molecule has 0 aliphatic carbocycles. The summed E-state index contributed by atoms with van der Waals surface area (Å²) in [5.74, 6) is 0.766. The Morgan fingerprint density at radius 2 is 1.73 bits per heavy atom. The predicted molar refractivity (Wildman–Crippen MR) is 69.3 cm³/mol.